The third-order valence-electron chi connectivity index (χ3n) is 6.18. The van der Waals surface area contributed by atoms with E-state index in [4.69, 9.17) is 9.88 Å². The summed E-state index contributed by atoms with van der Waals surface area (Å²) in [6, 6.07) is 3.07. The van der Waals surface area contributed by atoms with Gasteiger partial charge in [0.05, 0.1) is 13.1 Å². The molecule has 1 unspecified atom stereocenters. The zero-order valence-electron chi connectivity index (χ0n) is 20.8. The molecule has 16 nitrogen and oxygen atoms in total. The molecule has 0 aliphatic carbocycles. The molecule has 40 heavy (non-hydrogen) atoms. The van der Waals surface area contributed by atoms with Crippen molar-refractivity contribution in [3.05, 3.63) is 47.2 Å². The minimum atomic E-state index is -4.40. The second kappa shape index (κ2) is 11.1. The number of nitrogens with one attached hydrogen (secondary N) is 2. The highest BCUT2D eigenvalue weighted by atomic mass is 32.2. The van der Waals surface area contributed by atoms with Crippen molar-refractivity contribution in [1.29, 1.82) is 0 Å². The number of amides is 6. The van der Waals surface area contributed by atoms with Gasteiger partial charge in [-0.15, -0.1) is 11.8 Å². The summed E-state index contributed by atoms with van der Waals surface area (Å²) in [5.41, 5.74) is 0.179. The SMILES string of the molecule is CC(=O)OCC1=C(C(=O)O)N2C(=O)C(NC(=O)[C@H](NC(=O)N3CCN(S(N)(=O)=O)C3=O)c3ccccc3)[C@H]2SC1. The van der Waals surface area contributed by atoms with Crippen LogP contribution < -0.4 is 15.8 Å². The van der Waals surface area contributed by atoms with Crippen LogP contribution >= 0.6 is 11.8 Å². The number of carboxylic acid groups (broad SMARTS) is 1. The van der Waals surface area contributed by atoms with Crippen molar-refractivity contribution in [2.24, 2.45) is 5.14 Å². The Hall–Kier alpha value is -4.16. The van der Waals surface area contributed by atoms with Gasteiger partial charge in [0.2, 0.25) is 5.91 Å². The number of carboxylic acids is 1. The fraction of sp³-hybridized carbons (Fsp3) is 0.364. The van der Waals surface area contributed by atoms with Crippen LogP contribution in [0.5, 0.6) is 0 Å². The smallest absolute Gasteiger partial charge is 0.352 e. The molecule has 4 rings (SSSR count). The molecule has 0 aromatic heterocycles. The van der Waals surface area contributed by atoms with Gasteiger partial charge in [-0.1, -0.05) is 30.3 Å². The average Bonchev–Trinajstić information content (AvgIpc) is 3.30. The summed E-state index contributed by atoms with van der Waals surface area (Å²) in [5.74, 6) is -3.46. The summed E-state index contributed by atoms with van der Waals surface area (Å²) in [4.78, 5) is 76.3. The Morgan fingerprint density at radius 2 is 1.85 bits per heavy atom. The monoisotopic (exact) mass is 596 g/mol. The third-order valence-corrected chi connectivity index (χ3v) is 8.48. The van der Waals surface area contributed by atoms with E-state index in [1.807, 2.05) is 0 Å². The molecule has 2 saturated heterocycles. The van der Waals surface area contributed by atoms with E-state index in [-0.39, 0.29) is 42.3 Å². The second-order valence-electron chi connectivity index (χ2n) is 8.78. The number of esters is 1. The van der Waals surface area contributed by atoms with E-state index in [2.05, 4.69) is 10.6 Å². The van der Waals surface area contributed by atoms with Crippen LogP contribution in [-0.2, 0) is 34.1 Å². The molecule has 1 aromatic rings. The van der Waals surface area contributed by atoms with Crippen LogP contribution in [0.2, 0.25) is 0 Å². The van der Waals surface area contributed by atoms with E-state index in [0.717, 1.165) is 23.6 Å². The van der Waals surface area contributed by atoms with E-state index in [1.165, 1.54) is 12.1 Å². The van der Waals surface area contributed by atoms with Gasteiger partial charge >= 0.3 is 34.2 Å². The van der Waals surface area contributed by atoms with Crippen LogP contribution in [0.4, 0.5) is 9.59 Å². The summed E-state index contributed by atoms with van der Waals surface area (Å²) in [7, 11) is -4.40. The van der Waals surface area contributed by atoms with Crippen molar-refractivity contribution in [3.8, 4) is 0 Å². The molecule has 5 N–H and O–H groups in total. The molecule has 0 bridgehead atoms. The maximum Gasteiger partial charge on any atom is 0.352 e. The first-order chi connectivity index (χ1) is 18.8. The number of β-lactam (4-membered cyclic amide) rings is 1. The van der Waals surface area contributed by atoms with Gasteiger partial charge in [-0.25, -0.2) is 28.7 Å². The number of rotatable bonds is 8. The maximum atomic E-state index is 13.4. The first-order valence-corrected chi connectivity index (χ1v) is 14.2. The van der Waals surface area contributed by atoms with Gasteiger partial charge < -0.3 is 20.5 Å². The van der Waals surface area contributed by atoms with Crippen LogP contribution in [0.3, 0.4) is 0 Å². The van der Waals surface area contributed by atoms with Crippen molar-refractivity contribution >= 4 is 57.8 Å². The Labute approximate surface area is 231 Å². The number of hydrogen-bond acceptors (Lipinski definition) is 10. The van der Waals surface area contributed by atoms with Crippen molar-refractivity contribution in [1.82, 2.24) is 24.7 Å². The van der Waals surface area contributed by atoms with Gasteiger partial charge in [0.15, 0.2) is 0 Å². The van der Waals surface area contributed by atoms with Crippen LogP contribution in [0.1, 0.15) is 18.5 Å². The molecule has 3 atom stereocenters. The lowest BCUT2D eigenvalue weighted by Gasteiger charge is -2.49. The number of nitrogens with two attached hydrogens (primary N) is 1. The Kier molecular flexibility index (Phi) is 8.03. The van der Waals surface area contributed by atoms with Crippen LogP contribution in [0.15, 0.2) is 41.6 Å². The molecule has 1 aromatic carbocycles. The third kappa shape index (κ3) is 5.58. The van der Waals surface area contributed by atoms with Crippen molar-refractivity contribution in [2.45, 2.75) is 24.4 Å². The topological polar surface area (TPSA) is 226 Å². The zero-order chi connectivity index (χ0) is 29.4. The molecule has 3 aliphatic heterocycles. The van der Waals surface area contributed by atoms with E-state index >= 15 is 0 Å². The average molecular weight is 597 g/mol. The molecule has 3 aliphatic rings. The first kappa shape index (κ1) is 28.8. The quantitative estimate of drug-likeness (QED) is 0.203. The number of imide groups is 1. The van der Waals surface area contributed by atoms with Gasteiger partial charge in [-0.2, -0.15) is 8.42 Å². The first-order valence-electron chi connectivity index (χ1n) is 11.6. The highest BCUT2D eigenvalue weighted by molar-refractivity contribution is 8.00. The van der Waals surface area contributed by atoms with Gasteiger partial charge in [0, 0.05) is 18.2 Å². The fourth-order valence-corrected chi connectivity index (χ4v) is 6.29. The lowest BCUT2D eigenvalue weighted by Crippen LogP contribution is -2.71. The number of urea groups is 2. The van der Waals surface area contributed by atoms with Crippen molar-refractivity contribution < 1.29 is 47.0 Å². The fourth-order valence-electron chi connectivity index (χ4n) is 4.31. The number of aliphatic carboxylic acids is 1. The van der Waals surface area contributed by atoms with Gasteiger partial charge in [0.1, 0.15) is 29.8 Å². The Morgan fingerprint density at radius 3 is 2.42 bits per heavy atom. The number of hydrogen-bond donors (Lipinski definition) is 4. The molecule has 3 heterocycles. The van der Waals surface area contributed by atoms with Gasteiger partial charge in [-0.3, -0.25) is 19.3 Å². The Morgan fingerprint density at radius 1 is 1.18 bits per heavy atom. The molecule has 0 saturated carbocycles. The predicted octanol–water partition coefficient (Wildman–Crippen LogP) is -1.32. The largest absolute Gasteiger partial charge is 0.477 e. The van der Waals surface area contributed by atoms with E-state index in [1.54, 1.807) is 18.2 Å². The van der Waals surface area contributed by atoms with Gasteiger partial charge in [-0.05, 0) is 5.56 Å². The summed E-state index contributed by atoms with van der Waals surface area (Å²) in [6.45, 7) is 0.186. The number of benzene rings is 1. The molecular weight excluding hydrogens is 572 g/mol. The summed E-state index contributed by atoms with van der Waals surface area (Å²) >= 11 is 1.16. The van der Waals surface area contributed by atoms with E-state index < -0.39 is 63.5 Å². The van der Waals surface area contributed by atoms with Crippen LogP contribution in [0, 0.1) is 0 Å². The van der Waals surface area contributed by atoms with E-state index in [0.29, 0.717) is 9.21 Å². The highest BCUT2D eigenvalue weighted by Crippen LogP contribution is 2.40. The number of carbonyl (C=O) groups excluding carboxylic acids is 5. The number of thioether (sulfide) groups is 1. The molecule has 0 radical (unpaired) electrons. The highest BCUT2D eigenvalue weighted by Gasteiger charge is 2.54. The standard InChI is InChI=1S/C22H24N6O10S2/c1-11(29)38-9-13-10-39-19-15(18(31)28(19)16(13)20(32)33)24-17(30)14(12-5-3-2-4-6-12)25-21(34)26-7-8-27(22(26)35)40(23,36)37/h2-6,14-15,19H,7-10H2,1H3,(H,24,30)(H,25,34)(H,32,33)(H2,23,36,37)/t14-,15?,19-/m1/s1. The normalized spacial score (nSPS) is 21.4. The minimum absolute atomic E-state index is 0.117. The predicted molar refractivity (Wildman–Crippen MR) is 136 cm³/mol. The molecular formula is C22H24N6O10S2. The zero-order valence-corrected chi connectivity index (χ0v) is 22.4. The number of carbonyl (C=O) groups is 6. The van der Waals surface area contributed by atoms with E-state index in [9.17, 15) is 42.3 Å². The molecule has 0 spiro atoms. The van der Waals surface area contributed by atoms with Crippen LogP contribution in [-0.4, -0.2) is 100 Å². The molecule has 6 amide bonds. The summed E-state index contributed by atoms with van der Waals surface area (Å²) < 4.78 is 28.4. The van der Waals surface area contributed by atoms with Crippen LogP contribution in [0.25, 0.3) is 0 Å². The second-order valence-corrected chi connectivity index (χ2v) is 11.4. The number of fused-ring (bicyclic) bond motifs is 1. The number of ether oxygens (including phenoxy) is 1. The van der Waals surface area contributed by atoms with Crippen molar-refractivity contribution in [2.75, 3.05) is 25.4 Å². The summed E-state index contributed by atoms with van der Waals surface area (Å²) in [6.07, 6.45) is 0. The Bertz CT molecular complexity index is 1420. The van der Waals surface area contributed by atoms with Crippen molar-refractivity contribution in [3.63, 3.8) is 0 Å². The molecule has 214 valence electrons. The lowest BCUT2D eigenvalue weighted by atomic mass is 10.0. The minimum Gasteiger partial charge on any atom is -0.477 e. The van der Waals surface area contributed by atoms with Gasteiger partial charge in [0.25, 0.3) is 5.91 Å². The maximum absolute atomic E-state index is 13.4. The Balaban J connectivity index is 1.51. The lowest BCUT2D eigenvalue weighted by molar-refractivity contribution is -0.151. The summed E-state index contributed by atoms with van der Waals surface area (Å²) in [5, 5.41) is 18.8. The number of nitrogens with zero attached hydrogens (tertiary/aromatic N) is 3. The molecule has 18 heteroatoms. The molecule has 2 fully saturated rings.